The van der Waals surface area contributed by atoms with E-state index in [1.54, 1.807) is 18.2 Å². The van der Waals surface area contributed by atoms with Gasteiger partial charge in [0.25, 0.3) is 11.8 Å². The molecule has 13 heteroatoms. The lowest BCUT2D eigenvalue weighted by atomic mass is 10.1. The number of nitrogens with zero attached hydrogens (tertiary/aromatic N) is 6. The van der Waals surface area contributed by atoms with E-state index in [0.29, 0.717) is 23.7 Å². The number of imide groups is 1. The van der Waals surface area contributed by atoms with Crippen molar-refractivity contribution < 1.29 is 32.4 Å². The molecule has 1 aromatic heterocycles. The number of ether oxygens (including phenoxy) is 2. The molecule has 11 nitrogen and oxygen atoms in total. The van der Waals surface area contributed by atoms with Gasteiger partial charge in [-0.15, -0.1) is 0 Å². The average molecular weight is 484 g/mol. The van der Waals surface area contributed by atoms with Crippen LogP contribution < -0.4 is 14.4 Å². The zero-order valence-corrected chi connectivity index (χ0v) is 18.5. The molecule has 0 spiro atoms. The molecule has 35 heavy (non-hydrogen) atoms. The van der Waals surface area contributed by atoms with Crippen molar-refractivity contribution in [3.8, 4) is 22.9 Å². The smallest absolute Gasteiger partial charge is 0.263 e. The third-order valence-electron chi connectivity index (χ3n) is 5.51. The van der Waals surface area contributed by atoms with E-state index in [0.717, 1.165) is 23.1 Å². The molecule has 2 atom stereocenters. The van der Waals surface area contributed by atoms with Crippen LogP contribution in [0.15, 0.2) is 51.3 Å². The molecule has 3 heterocycles. The Morgan fingerprint density at radius 2 is 1.89 bits per heavy atom. The Bertz CT molecular complexity index is 1350. The topological polar surface area (TPSA) is 123 Å². The van der Waals surface area contributed by atoms with Gasteiger partial charge in [0.15, 0.2) is 35.2 Å². The van der Waals surface area contributed by atoms with E-state index in [1.165, 1.54) is 12.1 Å². The molecule has 0 bridgehead atoms. The fraction of sp³-hybridized carbons (Fsp3) is 0.273. The second-order valence-corrected chi connectivity index (χ2v) is 7.61. The second-order valence-electron chi connectivity index (χ2n) is 7.61. The summed E-state index contributed by atoms with van der Waals surface area (Å²) < 4.78 is 43.1. The van der Waals surface area contributed by atoms with Crippen molar-refractivity contribution in [1.29, 1.82) is 0 Å². The van der Waals surface area contributed by atoms with Crippen LogP contribution in [-0.2, 0) is 16.1 Å². The lowest BCUT2D eigenvalue weighted by Gasteiger charge is -2.19. The van der Waals surface area contributed by atoms with E-state index in [1.807, 2.05) is 6.92 Å². The highest BCUT2D eigenvalue weighted by atomic mass is 19.2. The van der Waals surface area contributed by atoms with Gasteiger partial charge in [0, 0.05) is 11.6 Å². The summed E-state index contributed by atoms with van der Waals surface area (Å²) in [4.78, 5) is 30.9. The van der Waals surface area contributed by atoms with Crippen LogP contribution in [0.3, 0.4) is 0 Å². The van der Waals surface area contributed by atoms with E-state index in [4.69, 9.17) is 14.0 Å². The molecular weight excluding hydrogens is 466 g/mol. The van der Waals surface area contributed by atoms with Crippen LogP contribution in [0.25, 0.3) is 11.4 Å². The lowest BCUT2D eigenvalue weighted by molar-refractivity contribution is -0.123. The quantitative estimate of drug-likeness (QED) is 0.469. The summed E-state index contributed by atoms with van der Waals surface area (Å²) in [6.07, 6.45) is 0. The lowest BCUT2D eigenvalue weighted by Crippen LogP contribution is -2.39. The minimum atomic E-state index is -1.18. The Balaban J connectivity index is 1.34. The molecule has 3 aromatic rings. The molecule has 1 saturated heterocycles. The van der Waals surface area contributed by atoms with Gasteiger partial charge in [-0.05, 0) is 37.3 Å². The van der Waals surface area contributed by atoms with E-state index < -0.39 is 35.5 Å². The number of aromatic nitrogens is 2. The largest absolute Gasteiger partial charge is 0.493 e. The van der Waals surface area contributed by atoms with Crippen LogP contribution >= 0.6 is 0 Å². The number of fused-ring (bicyclic) bond motifs is 1. The van der Waals surface area contributed by atoms with Gasteiger partial charge in [-0.3, -0.25) is 14.6 Å². The zero-order chi connectivity index (χ0) is 24.7. The first-order valence-corrected chi connectivity index (χ1v) is 10.5. The summed E-state index contributed by atoms with van der Waals surface area (Å²) in [5.74, 6) is -2.17. The van der Waals surface area contributed by atoms with Crippen molar-refractivity contribution in [3.63, 3.8) is 0 Å². The Kier molecular flexibility index (Phi) is 5.59. The molecule has 2 aliphatic heterocycles. The van der Waals surface area contributed by atoms with E-state index in [2.05, 4.69) is 20.5 Å². The number of anilines is 1. The minimum absolute atomic E-state index is 0.0898. The van der Waals surface area contributed by atoms with Gasteiger partial charge in [0.1, 0.15) is 6.54 Å². The summed E-state index contributed by atoms with van der Waals surface area (Å²) >= 11 is 0. The number of amides is 2. The average Bonchev–Trinajstić information content (AvgIpc) is 3.54. The predicted molar refractivity (Wildman–Crippen MR) is 114 cm³/mol. The number of benzene rings is 2. The minimum Gasteiger partial charge on any atom is -0.493 e. The number of hydrogen-bond acceptors (Lipinski definition) is 10. The number of carbonyl (C=O) groups excluding carboxylic acids is 2. The summed E-state index contributed by atoms with van der Waals surface area (Å²) in [7, 11) is 1.52. The number of rotatable bonds is 7. The highest BCUT2D eigenvalue weighted by Crippen LogP contribution is 2.34. The molecule has 5 rings (SSSR count). The SMILES string of the molecule is CCOc1ccc(-c2noc(CN3N=N[C@H]4C(=O)N(c5ccc(F)c(F)c5)C(=O)[C@@H]43)n2)cc1OC. The molecule has 0 unspecified atom stereocenters. The Morgan fingerprint density at radius 1 is 1.06 bits per heavy atom. The molecular formula is C22H18F2N6O5. The number of methoxy groups -OCH3 is 1. The molecule has 0 saturated carbocycles. The Hall–Kier alpha value is -4.42. The van der Waals surface area contributed by atoms with Gasteiger partial charge in [-0.2, -0.15) is 10.1 Å². The first-order valence-electron chi connectivity index (χ1n) is 10.5. The van der Waals surface area contributed by atoms with Crippen LogP contribution in [0, 0.1) is 11.6 Å². The first kappa shape index (κ1) is 22.4. The third kappa shape index (κ3) is 3.84. The number of carbonyl (C=O) groups is 2. The number of halogens is 2. The van der Waals surface area contributed by atoms with Crippen molar-refractivity contribution in [3.05, 3.63) is 53.9 Å². The van der Waals surface area contributed by atoms with Gasteiger partial charge in [-0.1, -0.05) is 10.4 Å². The highest BCUT2D eigenvalue weighted by Gasteiger charge is 2.55. The van der Waals surface area contributed by atoms with Gasteiger partial charge in [0.05, 0.1) is 19.4 Å². The monoisotopic (exact) mass is 484 g/mol. The second kappa shape index (κ2) is 8.74. The van der Waals surface area contributed by atoms with Crippen LogP contribution in [0.2, 0.25) is 0 Å². The number of hydrogen-bond donors (Lipinski definition) is 0. The van der Waals surface area contributed by atoms with Crippen molar-refractivity contribution in [2.45, 2.75) is 25.6 Å². The molecule has 1 fully saturated rings. The third-order valence-corrected chi connectivity index (χ3v) is 5.51. The predicted octanol–water partition coefficient (Wildman–Crippen LogP) is 2.92. The van der Waals surface area contributed by atoms with Gasteiger partial charge in [-0.25, -0.2) is 13.7 Å². The fourth-order valence-electron chi connectivity index (χ4n) is 3.89. The Morgan fingerprint density at radius 3 is 2.63 bits per heavy atom. The molecule has 2 aromatic carbocycles. The fourth-order valence-corrected chi connectivity index (χ4v) is 3.89. The summed E-state index contributed by atoms with van der Waals surface area (Å²) in [5, 5.41) is 13.0. The van der Waals surface area contributed by atoms with Gasteiger partial charge >= 0.3 is 0 Å². The molecule has 2 amide bonds. The molecule has 0 radical (unpaired) electrons. The maximum absolute atomic E-state index is 13.7. The Labute approximate surface area is 196 Å². The van der Waals surface area contributed by atoms with Crippen molar-refractivity contribution in [1.82, 2.24) is 15.1 Å². The van der Waals surface area contributed by atoms with Crippen LogP contribution in [0.5, 0.6) is 11.5 Å². The molecule has 180 valence electrons. The maximum Gasteiger partial charge on any atom is 0.263 e. The van der Waals surface area contributed by atoms with E-state index in [9.17, 15) is 18.4 Å². The van der Waals surface area contributed by atoms with Crippen molar-refractivity contribution in [2.24, 2.45) is 10.3 Å². The summed E-state index contributed by atoms with van der Waals surface area (Å²) in [5.41, 5.74) is 0.519. The first-order chi connectivity index (χ1) is 16.9. The summed E-state index contributed by atoms with van der Waals surface area (Å²) in [6, 6.07) is 5.74. The van der Waals surface area contributed by atoms with E-state index >= 15 is 0 Å². The molecule has 2 aliphatic rings. The van der Waals surface area contributed by atoms with Gasteiger partial charge in [0.2, 0.25) is 11.7 Å². The van der Waals surface area contributed by atoms with Crippen LogP contribution in [0.1, 0.15) is 12.8 Å². The normalized spacial score (nSPS) is 19.0. The molecule has 0 aliphatic carbocycles. The van der Waals surface area contributed by atoms with Gasteiger partial charge < -0.3 is 14.0 Å². The highest BCUT2D eigenvalue weighted by molar-refractivity contribution is 6.25. The van der Waals surface area contributed by atoms with Crippen LogP contribution in [-0.4, -0.2) is 52.8 Å². The standard InChI is InChI=1S/C22H18F2N6O5/c1-3-34-15-7-4-11(8-16(15)33-2)20-25-17(35-27-20)10-29-19-18(26-28-29)21(31)30(22(19)32)12-5-6-13(23)14(24)9-12/h4-9,18-19H,3,10H2,1-2H3/t18-,19-/m1/s1. The maximum atomic E-state index is 13.7. The van der Waals surface area contributed by atoms with E-state index in [-0.39, 0.29) is 23.9 Å². The molecule has 0 N–H and O–H groups in total. The van der Waals surface area contributed by atoms with Crippen LogP contribution in [0.4, 0.5) is 14.5 Å². The van der Waals surface area contributed by atoms with Crippen molar-refractivity contribution in [2.75, 3.05) is 18.6 Å². The van der Waals surface area contributed by atoms with Crippen molar-refractivity contribution >= 4 is 17.5 Å². The zero-order valence-electron chi connectivity index (χ0n) is 18.5. The summed E-state index contributed by atoms with van der Waals surface area (Å²) in [6.45, 7) is 2.23.